The first-order chi connectivity index (χ1) is 6.11. The van der Waals surface area contributed by atoms with Crippen LogP contribution in [0.5, 0.6) is 0 Å². The number of rotatable bonds is 7. The van der Waals surface area contributed by atoms with Crippen molar-refractivity contribution in [2.24, 2.45) is 0 Å². The average molecular weight is 187 g/mol. The van der Waals surface area contributed by atoms with E-state index in [-0.39, 0.29) is 12.5 Å². The molecule has 3 nitrogen and oxygen atoms in total. The lowest BCUT2D eigenvalue weighted by atomic mass is 10.1. The quantitative estimate of drug-likeness (QED) is 0.662. The third kappa shape index (κ3) is 5.64. The molecule has 3 heteroatoms. The van der Waals surface area contributed by atoms with Gasteiger partial charge in [0.25, 0.3) is 0 Å². The number of hydrogen-bond donors (Lipinski definition) is 1. The van der Waals surface area contributed by atoms with Gasteiger partial charge in [0.05, 0.1) is 6.42 Å². The molecule has 0 aromatic carbocycles. The van der Waals surface area contributed by atoms with E-state index in [0.29, 0.717) is 0 Å². The molecule has 0 saturated heterocycles. The van der Waals surface area contributed by atoms with Crippen molar-refractivity contribution in [3.63, 3.8) is 0 Å². The molecule has 0 aliphatic heterocycles. The minimum absolute atomic E-state index is 0.198. The van der Waals surface area contributed by atoms with E-state index in [4.69, 9.17) is 5.11 Å². The van der Waals surface area contributed by atoms with Gasteiger partial charge in [-0.15, -0.1) is 0 Å². The summed E-state index contributed by atoms with van der Waals surface area (Å²) in [6.45, 7) is 5.18. The third-order valence-electron chi connectivity index (χ3n) is 2.37. The van der Waals surface area contributed by atoms with Gasteiger partial charge >= 0.3 is 5.97 Å². The predicted octanol–water partition coefficient (Wildman–Crippen LogP) is 1.97. The molecule has 0 saturated carbocycles. The molecule has 1 unspecified atom stereocenters. The molecule has 0 aliphatic rings. The molecule has 0 spiro atoms. The highest BCUT2D eigenvalue weighted by Crippen LogP contribution is 2.07. The van der Waals surface area contributed by atoms with Gasteiger partial charge < -0.3 is 10.0 Å². The lowest BCUT2D eigenvalue weighted by Crippen LogP contribution is -2.33. The first-order valence-electron chi connectivity index (χ1n) is 5.03. The van der Waals surface area contributed by atoms with E-state index >= 15 is 0 Å². The Morgan fingerprint density at radius 3 is 2.46 bits per heavy atom. The van der Waals surface area contributed by atoms with E-state index in [0.717, 1.165) is 25.8 Å². The minimum atomic E-state index is -0.699. The van der Waals surface area contributed by atoms with Gasteiger partial charge in [-0.1, -0.05) is 20.3 Å². The number of nitrogens with zero attached hydrogens (tertiary/aromatic N) is 1. The highest BCUT2D eigenvalue weighted by molar-refractivity contribution is 5.67. The van der Waals surface area contributed by atoms with Crippen molar-refractivity contribution in [2.75, 3.05) is 13.6 Å². The Morgan fingerprint density at radius 1 is 1.46 bits per heavy atom. The zero-order chi connectivity index (χ0) is 10.3. The zero-order valence-electron chi connectivity index (χ0n) is 8.92. The minimum Gasteiger partial charge on any atom is -0.481 e. The summed E-state index contributed by atoms with van der Waals surface area (Å²) in [5, 5.41) is 8.66. The molecule has 0 aliphatic carbocycles. The SMILES string of the molecule is CCCCN(C)C(CC)CC(=O)O. The monoisotopic (exact) mass is 187 g/mol. The highest BCUT2D eigenvalue weighted by atomic mass is 16.4. The van der Waals surface area contributed by atoms with Crippen molar-refractivity contribution < 1.29 is 9.90 Å². The molecule has 0 amide bonds. The van der Waals surface area contributed by atoms with Crippen LogP contribution in [0.1, 0.15) is 39.5 Å². The Kier molecular flexibility index (Phi) is 6.59. The topological polar surface area (TPSA) is 40.5 Å². The first-order valence-corrected chi connectivity index (χ1v) is 5.03. The van der Waals surface area contributed by atoms with Crippen molar-refractivity contribution >= 4 is 5.97 Å². The number of carboxylic acid groups (broad SMARTS) is 1. The second-order valence-corrected chi connectivity index (χ2v) is 3.49. The first kappa shape index (κ1) is 12.4. The van der Waals surface area contributed by atoms with Crippen molar-refractivity contribution in [3.8, 4) is 0 Å². The van der Waals surface area contributed by atoms with E-state index in [1.807, 2.05) is 14.0 Å². The maximum absolute atomic E-state index is 10.5. The number of hydrogen-bond acceptors (Lipinski definition) is 2. The average Bonchev–Trinajstić information content (AvgIpc) is 2.09. The second-order valence-electron chi connectivity index (χ2n) is 3.49. The van der Waals surface area contributed by atoms with Gasteiger partial charge in [0, 0.05) is 6.04 Å². The van der Waals surface area contributed by atoms with Crippen molar-refractivity contribution in [1.82, 2.24) is 4.90 Å². The van der Waals surface area contributed by atoms with Gasteiger partial charge in [0.15, 0.2) is 0 Å². The maximum atomic E-state index is 10.5. The normalized spacial score (nSPS) is 13.2. The molecule has 0 aromatic rings. The lowest BCUT2D eigenvalue weighted by molar-refractivity contribution is -0.138. The van der Waals surface area contributed by atoms with Crippen molar-refractivity contribution in [3.05, 3.63) is 0 Å². The van der Waals surface area contributed by atoms with Crippen LogP contribution in [0, 0.1) is 0 Å². The molecule has 0 bridgehead atoms. The summed E-state index contributed by atoms with van der Waals surface area (Å²) in [5.41, 5.74) is 0. The molecule has 0 rings (SSSR count). The van der Waals surface area contributed by atoms with Crippen LogP contribution in [0.4, 0.5) is 0 Å². The summed E-state index contributed by atoms with van der Waals surface area (Å²) in [5.74, 6) is -0.699. The van der Waals surface area contributed by atoms with Crippen LogP contribution in [0.15, 0.2) is 0 Å². The molecule has 1 atom stereocenters. The van der Waals surface area contributed by atoms with Crippen LogP contribution in [0.3, 0.4) is 0 Å². The van der Waals surface area contributed by atoms with E-state index in [1.54, 1.807) is 0 Å². The molecule has 0 fully saturated rings. The van der Waals surface area contributed by atoms with Crippen LogP contribution < -0.4 is 0 Å². The van der Waals surface area contributed by atoms with Gasteiger partial charge in [0.2, 0.25) is 0 Å². The van der Waals surface area contributed by atoms with Crippen LogP contribution in [-0.4, -0.2) is 35.6 Å². The molecule has 1 N–H and O–H groups in total. The Morgan fingerprint density at radius 2 is 2.08 bits per heavy atom. The Bertz CT molecular complexity index is 148. The van der Waals surface area contributed by atoms with Crippen LogP contribution in [0.25, 0.3) is 0 Å². The Hall–Kier alpha value is -0.570. The van der Waals surface area contributed by atoms with E-state index in [9.17, 15) is 4.79 Å². The maximum Gasteiger partial charge on any atom is 0.304 e. The van der Waals surface area contributed by atoms with E-state index < -0.39 is 5.97 Å². The molecular formula is C10H21NO2. The number of aliphatic carboxylic acids is 1. The molecule has 0 radical (unpaired) electrons. The summed E-state index contributed by atoms with van der Waals surface area (Å²) in [7, 11) is 2.01. The van der Waals surface area contributed by atoms with Gasteiger partial charge in [-0.2, -0.15) is 0 Å². The largest absolute Gasteiger partial charge is 0.481 e. The predicted molar refractivity (Wildman–Crippen MR) is 53.9 cm³/mol. The summed E-state index contributed by atoms with van der Waals surface area (Å²) in [4.78, 5) is 12.7. The molecular weight excluding hydrogens is 166 g/mol. The number of carboxylic acids is 1. The van der Waals surface area contributed by atoms with Gasteiger partial charge in [-0.05, 0) is 26.4 Å². The molecule has 0 aromatic heterocycles. The smallest absolute Gasteiger partial charge is 0.304 e. The number of carbonyl (C=O) groups is 1. The Balaban J connectivity index is 3.84. The van der Waals surface area contributed by atoms with Crippen LogP contribution in [0.2, 0.25) is 0 Å². The van der Waals surface area contributed by atoms with Gasteiger partial charge in [-0.25, -0.2) is 0 Å². The molecule has 0 heterocycles. The zero-order valence-corrected chi connectivity index (χ0v) is 8.92. The summed E-state index contributed by atoms with van der Waals surface area (Å²) in [6.07, 6.45) is 3.48. The number of unbranched alkanes of at least 4 members (excludes halogenated alkanes) is 1. The fourth-order valence-electron chi connectivity index (χ4n) is 1.40. The fourth-order valence-corrected chi connectivity index (χ4v) is 1.40. The van der Waals surface area contributed by atoms with Crippen molar-refractivity contribution in [2.45, 2.75) is 45.6 Å². The third-order valence-corrected chi connectivity index (χ3v) is 2.37. The standard InChI is InChI=1S/C10H21NO2/c1-4-6-7-11(3)9(5-2)8-10(12)13/h9H,4-8H2,1-3H3,(H,12,13). The fraction of sp³-hybridized carbons (Fsp3) is 0.900. The lowest BCUT2D eigenvalue weighted by Gasteiger charge is -2.25. The van der Waals surface area contributed by atoms with Crippen LogP contribution >= 0.6 is 0 Å². The Labute approximate surface area is 80.7 Å². The molecule has 78 valence electrons. The summed E-state index contributed by atoms with van der Waals surface area (Å²) < 4.78 is 0. The van der Waals surface area contributed by atoms with E-state index in [2.05, 4.69) is 11.8 Å². The summed E-state index contributed by atoms with van der Waals surface area (Å²) >= 11 is 0. The van der Waals surface area contributed by atoms with E-state index in [1.165, 1.54) is 0 Å². The highest BCUT2D eigenvalue weighted by Gasteiger charge is 2.15. The molecule has 13 heavy (non-hydrogen) atoms. The van der Waals surface area contributed by atoms with Crippen molar-refractivity contribution in [1.29, 1.82) is 0 Å². The van der Waals surface area contributed by atoms with Gasteiger partial charge in [-0.3, -0.25) is 4.79 Å². The second kappa shape index (κ2) is 6.89. The summed E-state index contributed by atoms with van der Waals surface area (Å²) in [6, 6.07) is 0.198. The van der Waals surface area contributed by atoms with Gasteiger partial charge in [0.1, 0.15) is 0 Å². The van der Waals surface area contributed by atoms with Crippen LogP contribution in [-0.2, 0) is 4.79 Å².